The quantitative estimate of drug-likeness (QED) is 0.752. The first-order valence-corrected chi connectivity index (χ1v) is 5.70. The first-order chi connectivity index (χ1) is 7.06. The van der Waals surface area contributed by atoms with Gasteiger partial charge in [-0.2, -0.15) is 0 Å². The van der Waals surface area contributed by atoms with Crippen LogP contribution in [0.5, 0.6) is 0 Å². The zero-order chi connectivity index (χ0) is 11.4. The fourth-order valence-electron chi connectivity index (χ4n) is 1.72. The van der Waals surface area contributed by atoms with E-state index in [4.69, 9.17) is 11.6 Å². The molecule has 1 rings (SSSR count). The fourth-order valence-corrected chi connectivity index (χ4v) is 1.91. The molecule has 0 bridgehead atoms. The SMILES string of the molecule is CCCC(C(C)=O)c1ccc(C)c(Cl)c1. The van der Waals surface area contributed by atoms with Crippen molar-refractivity contribution in [1.82, 2.24) is 0 Å². The van der Waals surface area contributed by atoms with E-state index in [9.17, 15) is 4.79 Å². The number of benzene rings is 1. The van der Waals surface area contributed by atoms with E-state index in [1.807, 2.05) is 25.1 Å². The van der Waals surface area contributed by atoms with E-state index >= 15 is 0 Å². The summed E-state index contributed by atoms with van der Waals surface area (Å²) in [5, 5.41) is 0.745. The molecule has 1 aromatic carbocycles. The van der Waals surface area contributed by atoms with Crippen molar-refractivity contribution in [2.45, 2.75) is 39.5 Å². The average Bonchev–Trinajstić information content (AvgIpc) is 2.18. The van der Waals surface area contributed by atoms with Gasteiger partial charge in [-0.3, -0.25) is 4.79 Å². The van der Waals surface area contributed by atoms with E-state index in [2.05, 4.69) is 6.92 Å². The van der Waals surface area contributed by atoms with Gasteiger partial charge in [-0.25, -0.2) is 0 Å². The third-order valence-electron chi connectivity index (χ3n) is 2.67. The van der Waals surface area contributed by atoms with Gasteiger partial charge in [-0.15, -0.1) is 0 Å². The van der Waals surface area contributed by atoms with Crippen LogP contribution in [0, 0.1) is 6.92 Å². The Morgan fingerprint density at radius 1 is 1.47 bits per heavy atom. The molecule has 2 heteroatoms. The van der Waals surface area contributed by atoms with Gasteiger partial charge in [0.05, 0.1) is 0 Å². The molecule has 0 aliphatic rings. The van der Waals surface area contributed by atoms with Crippen LogP contribution < -0.4 is 0 Å². The maximum atomic E-state index is 11.5. The molecule has 1 atom stereocenters. The van der Waals surface area contributed by atoms with Crippen LogP contribution in [0.15, 0.2) is 18.2 Å². The summed E-state index contributed by atoms with van der Waals surface area (Å²) in [6.45, 7) is 5.70. The Morgan fingerprint density at radius 3 is 2.60 bits per heavy atom. The van der Waals surface area contributed by atoms with Crippen LogP contribution >= 0.6 is 11.6 Å². The summed E-state index contributed by atoms with van der Waals surface area (Å²) in [4.78, 5) is 11.5. The summed E-state index contributed by atoms with van der Waals surface area (Å²) in [6.07, 6.45) is 1.91. The molecule has 0 saturated heterocycles. The molecule has 0 aromatic heterocycles. The molecule has 0 radical (unpaired) electrons. The van der Waals surface area contributed by atoms with Crippen molar-refractivity contribution in [2.75, 3.05) is 0 Å². The van der Waals surface area contributed by atoms with Crippen LogP contribution in [-0.4, -0.2) is 5.78 Å². The molecule has 0 amide bonds. The maximum Gasteiger partial charge on any atom is 0.137 e. The molecular formula is C13H17ClO. The van der Waals surface area contributed by atoms with Crippen molar-refractivity contribution >= 4 is 17.4 Å². The van der Waals surface area contributed by atoms with Gasteiger partial charge < -0.3 is 0 Å². The topological polar surface area (TPSA) is 17.1 Å². The predicted octanol–water partition coefficient (Wildman–Crippen LogP) is 4.12. The molecule has 82 valence electrons. The van der Waals surface area contributed by atoms with Gasteiger partial charge >= 0.3 is 0 Å². The van der Waals surface area contributed by atoms with Crippen molar-refractivity contribution < 1.29 is 4.79 Å². The Hall–Kier alpha value is -0.820. The molecule has 1 unspecified atom stereocenters. The van der Waals surface area contributed by atoms with Crippen molar-refractivity contribution in [3.8, 4) is 0 Å². The normalized spacial score (nSPS) is 12.5. The zero-order valence-electron chi connectivity index (χ0n) is 9.51. The summed E-state index contributed by atoms with van der Waals surface area (Å²) in [7, 11) is 0. The number of hydrogen-bond acceptors (Lipinski definition) is 1. The summed E-state index contributed by atoms with van der Waals surface area (Å²) >= 11 is 6.05. The summed E-state index contributed by atoms with van der Waals surface area (Å²) in [5.41, 5.74) is 2.10. The summed E-state index contributed by atoms with van der Waals surface area (Å²) in [5.74, 6) is 0.227. The number of halogens is 1. The first kappa shape index (κ1) is 12.3. The fraction of sp³-hybridized carbons (Fsp3) is 0.462. The number of aryl methyl sites for hydroxylation is 1. The van der Waals surface area contributed by atoms with E-state index in [0.717, 1.165) is 29.0 Å². The molecule has 0 N–H and O–H groups in total. The third-order valence-corrected chi connectivity index (χ3v) is 3.07. The van der Waals surface area contributed by atoms with Crippen LogP contribution in [0.25, 0.3) is 0 Å². The molecular weight excluding hydrogens is 208 g/mol. The maximum absolute atomic E-state index is 11.5. The lowest BCUT2D eigenvalue weighted by Crippen LogP contribution is -2.08. The Morgan fingerprint density at radius 2 is 2.13 bits per heavy atom. The van der Waals surface area contributed by atoms with Crippen LogP contribution in [0.3, 0.4) is 0 Å². The lowest BCUT2D eigenvalue weighted by molar-refractivity contribution is -0.118. The Balaban J connectivity index is 3.01. The lowest BCUT2D eigenvalue weighted by atomic mass is 9.91. The Labute approximate surface area is 96.5 Å². The third kappa shape index (κ3) is 3.07. The van der Waals surface area contributed by atoms with Gasteiger partial charge in [0.15, 0.2) is 0 Å². The van der Waals surface area contributed by atoms with Crippen molar-refractivity contribution in [3.63, 3.8) is 0 Å². The molecule has 0 aliphatic heterocycles. The molecule has 1 aromatic rings. The van der Waals surface area contributed by atoms with Crippen molar-refractivity contribution in [1.29, 1.82) is 0 Å². The number of Topliss-reactive ketones (excluding diaryl/α,β-unsaturated/α-hetero) is 1. The largest absolute Gasteiger partial charge is 0.299 e. The van der Waals surface area contributed by atoms with Crippen molar-refractivity contribution in [3.05, 3.63) is 34.3 Å². The highest BCUT2D eigenvalue weighted by molar-refractivity contribution is 6.31. The molecule has 0 aliphatic carbocycles. The second-order valence-corrected chi connectivity index (χ2v) is 4.37. The van der Waals surface area contributed by atoms with Gasteiger partial charge in [-0.1, -0.05) is 37.1 Å². The van der Waals surface area contributed by atoms with E-state index in [0.29, 0.717) is 0 Å². The van der Waals surface area contributed by atoms with E-state index in [1.165, 1.54) is 0 Å². The minimum atomic E-state index is 0.00750. The number of rotatable bonds is 4. The molecule has 1 nitrogen and oxygen atoms in total. The average molecular weight is 225 g/mol. The monoisotopic (exact) mass is 224 g/mol. The van der Waals surface area contributed by atoms with Gasteiger partial charge in [0.2, 0.25) is 0 Å². The number of hydrogen-bond donors (Lipinski definition) is 0. The molecule has 0 fully saturated rings. The van der Waals surface area contributed by atoms with Gasteiger partial charge in [-0.05, 0) is 37.5 Å². The molecule has 15 heavy (non-hydrogen) atoms. The van der Waals surface area contributed by atoms with E-state index in [1.54, 1.807) is 6.92 Å². The highest BCUT2D eigenvalue weighted by Crippen LogP contribution is 2.26. The predicted molar refractivity (Wildman–Crippen MR) is 64.5 cm³/mol. The minimum Gasteiger partial charge on any atom is -0.299 e. The van der Waals surface area contributed by atoms with Crippen molar-refractivity contribution in [2.24, 2.45) is 0 Å². The lowest BCUT2D eigenvalue weighted by Gasteiger charge is -2.14. The van der Waals surface area contributed by atoms with Crippen LogP contribution in [0.2, 0.25) is 5.02 Å². The Kier molecular flexibility index (Phi) is 4.34. The smallest absolute Gasteiger partial charge is 0.137 e. The standard InChI is InChI=1S/C13H17ClO/c1-4-5-12(10(3)15)11-7-6-9(2)13(14)8-11/h6-8,12H,4-5H2,1-3H3. The number of carbonyl (C=O) groups is 1. The first-order valence-electron chi connectivity index (χ1n) is 5.32. The van der Waals surface area contributed by atoms with Crippen LogP contribution in [0.1, 0.15) is 43.7 Å². The second-order valence-electron chi connectivity index (χ2n) is 3.96. The zero-order valence-corrected chi connectivity index (χ0v) is 10.3. The Bertz CT molecular complexity index is 358. The summed E-state index contributed by atoms with van der Waals surface area (Å²) in [6, 6.07) is 5.89. The van der Waals surface area contributed by atoms with Crippen LogP contribution in [0.4, 0.5) is 0 Å². The van der Waals surface area contributed by atoms with E-state index in [-0.39, 0.29) is 11.7 Å². The highest BCUT2D eigenvalue weighted by Gasteiger charge is 2.16. The van der Waals surface area contributed by atoms with Gasteiger partial charge in [0, 0.05) is 10.9 Å². The summed E-state index contributed by atoms with van der Waals surface area (Å²) < 4.78 is 0. The minimum absolute atomic E-state index is 0.00750. The van der Waals surface area contributed by atoms with Crippen LogP contribution in [-0.2, 0) is 4.79 Å². The second kappa shape index (κ2) is 5.32. The number of carbonyl (C=O) groups excluding carboxylic acids is 1. The number of ketones is 1. The van der Waals surface area contributed by atoms with E-state index < -0.39 is 0 Å². The molecule has 0 spiro atoms. The molecule has 0 heterocycles. The highest BCUT2D eigenvalue weighted by atomic mass is 35.5. The van der Waals surface area contributed by atoms with Gasteiger partial charge in [0.25, 0.3) is 0 Å². The molecule has 0 saturated carbocycles. The van der Waals surface area contributed by atoms with Gasteiger partial charge in [0.1, 0.15) is 5.78 Å².